The largest absolute Gasteiger partial charge is 0.298 e. The van der Waals surface area contributed by atoms with Crippen LogP contribution in [0.15, 0.2) is 18.2 Å². The van der Waals surface area contributed by atoms with Crippen molar-refractivity contribution in [3.05, 3.63) is 38.6 Å². The molecule has 6 nitrogen and oxygen atoms in total. The zero-order valence-corrected chi connectivity index (χ0v) is 11.7. The number of H-pyrrole nitrogens is 1. The summed E-state index contributed by atoms with van der Waals surface area (Å²) in [6.07, 6.45) is 0. The lowest BCUT2D eigenvalue weighted by atomic mass is 10.1. The van der Waals surface area contributed by atoms with Gasteiger partial charge >= 0.3 is 0 Å². The van der Waals surface area contributed by atoms with Crippen LogP contribution in [0.25, 0.3) is 11.4 Å². The van der Waals surface area contributed by atoms with Crippen LogP contribution in [0.5, 0.6) is 0 Å². The highest BCUT2D eigenvalue weighted by Crippen LogP contribution is 2.26. The topological polar surface area (TPSA) is 76.8 Å². The van der Waals surface area contributed by atoms with Crippen LogP contribution in [0.4, 0.5) is 5.69 Å². The zero-order chi connectivity index (χ0) is 14.2. The SMILES string of the molecule is Cc1cc(-c2n[nH]c(=S)n2C(C)C)ccc1[N+](=O)[O-]. The van der Waals surface area contributed by atoms with E-state index in [9.17, 15) is 10.1 Å². The fourth-order valence-electron chi connectivity index (χ4n) is 1.99. The molecule has 0 saturated heterocycles. The standard InChI is InChI=1S/C12H14N4O2S/c1-7(2)15-11(13-14-12(15)19)9-4-5-10(16(17)18)8(3)6-9/h4-7H,1-3H3,(H,14,19). The van der Waals surface area contributed by atoms with Crippen LogP contribution in [0.2, 0.25) is 0 Å². The first-order valence-electron chi connectivity index (χ1n) is 5.84. The van der Waals surface area contributed by atoms with Gasteiger partial charge in [-0.1, -0.05) is 0 Å². The van der Waals surface area contributed by atoms with Crippen LogP contribution in [0, 0.1) is 21.8 Å². The Bertz CT molecular complexity index is 687. The highest BCUT2D eigenvalue weighted by molar-refractivity contribution is 7.71. The Morgan fingerprint density at radius 1 is 1.47 bits per heavy atom. The van der Waals surface area contributed by atoms with Gasteiger partial charge in [0, 0.05) is 23.2 Å². The summed E-state index contributed by atoms with van der Waals surface area (Å²) in [6, 6.07) is 5.10. The summed E-state index contributed by atoms with van der Waals surface area (Å²) >= 11 is 5.19. The molecule has 2 aromatic rings. The molecule has 0 aliphatic carbocycles. The Morgan fingerprint density at radius 2 is 2.16 bits per heavy atom. The van der Waals surface area contributed by atoms with E-state index in [2.05, 4.69) is 10.2 Å². The molecular weight excluding hydrogens is 264 g/mol. The minimum Gasteiger partial charge on any atom is -0.298 e. The van der Waals surface area contributed by atoms with E-state index >= 15 is 0 Å². The average Bonchev–Trinajstić information content (AvgIpc) is 2.70. The highest BCUT2D eigenvalue weighted by atomic mass is 32.1. The Labute approximate surface area is 115 Å². The van der Waals surface area contributed by atoms with Crippen molar-refractivity contribution < 1.29 is 4.92 Å². The monoisotopic (exact) mass is 278 g/mol. The van der Waals surface area contributed by atoms with E-state index in [0.717, 1.165) is 5.56 Å². The van der Waals surface area contributed by atoms with E-state index in [1.54, 1.807) is 19.1 Å². The van der Waals surface area contributed by atoms with Gasteiger partial charge in [0.1, 0.15) is 0 Å². The van der Waals surface area contributed by atoms with Crippen LogP contribution in [-0.2, 0) is 0 Å². The summed E-state index contributed by atoms with van der Waals surface area (Å²) in [7, 11) is 0. The molecule has 1 heterocycles. The molecule has 0 unspecified atom stereocenters. The fraction of sp³-hybridized carbons (Fsp3) is 0.333. The Balaban J connectivity index is 2.58. The van der Waals surface area contributed by atoms with E-state index in [1.807, 2.05) is 18.4 Å². The van der Waals surface area contributed by atoms with Crippen molar-refractivity contribution in [1.29, 1.82) is 0 Å². The minimum atomic E-state index is -0.390. The third kappa shape index (κ3) is 2.41. The molecule has 0 atom stereocenters. The number of nitro benzene ring substituents is 1. The van der Waals surface area contributed by atoms with Crippen LogP contribution in [-0.4, -0.2) is 19.7 Å². The van der Waals surface area contributed by atoms with Crippen molar-refractivity contribution in [2.75, 3.05) is 0 Å². The van der Waals surface area contributed by atoms with Gasteiger partial charge in [0.15, 0.2) is 10.6 Å². The smallest absolute Gasteiger partial charge is 0.272 e. The molecule has 0 bridgehead atoms. The quantitative estimate of drug-likeness (QED) is 0.530. The number of aromatic amines is 1. The maximum Gasteiger partial charge on any atom is 0.272 e. The number of nitro groups is 1. The number of hydrogen-bond donors (Lipinski definition) is 1. The van der Waals surface area contributed by atoms with Gasteiger partial charge in [0.05, 0.1) is 4.92 Å². The number of nitrogens with one attached hydrogen (secondary N) is 1. The second-order valence-corrected chi connectivity index (χ2v) is 4.96. The number of aromatic nitrogens is 3. The number of nitrogens with zero attached hydrogens (tertiary/aromatic N) is 3. The van der Waals surface area contributed by atoms with Gasteiger partial charge in [-0.15, -0.1) is 0 Å². The fourth-order valence-corrected chi connectivity index (χ4v) is 2.33. The number of benzene rings is 1. The van der Waals surface area contributed by atoms with E-state index < -0.39 is 4.92 Å². The van der Waals surface area contributed by atoms with Crippen molar-refractivity contribution in [3.8, 4) is 11.4 Å². The summed E-state index contributed by atoms with van der Waals surface area (Å²) in [6.45, 7) is 5.72. The predicted octanol–water partition coefficient (Wildman–Crippen LogP) is 3.41. The van der Waals surface area contributed by atoms with Gasteiger partial charge in [-0.2, -0.15) is 5.10 Å². The summed E-state index contributed by atoms with van der Waals surface area (Å²) in [5, 5.41) is 17.8. The predicted molar refractivity (Wildman–Crippen MR) is 74.6 cm³/mol. The Hall–Kier alpha value is -2.02. The molecule has 0 saturated carbocycles. The summed E-state index contributed by atoms with van der Waals surface area (Å²) in [4.78, 5) is 10.4. The molecule has 7 heteroatoms. The van der Waals surface area contributed by atoms with Gasteiger partial charge < -0.3 is 0 Å². The molecule has 0 aliphatic heterocycles. The molecule has 100 valence electrons. The Kier molecular flexibility index (Phi) is 3.48. The lowest BCUT2D eigenvalue weighted by Crippen LogP contribution is -2.03. The maximum absolute atomic E-state index is 10.8. The van der Waals surface area contributed by atoms with Crippen LogP contribution < -0.4 is 0 Å². The Morgan fingerprint density at radius 3 is 2.68 bits per heavy atom. The second kappa shape index (κ2) is 4.93. The minimum absolute atomic E-state index is 0.106. The van der Waals surface area contributed by atoms with E-state index in [-0.39, 0.29) is 11.7 Å². The lowest BCUT2D eigenvalue weighted by molar-refractivity contribution is -0.385. The van der Waals surface area contributed by atoms with Gasteiger partial charge in [0.2, 0.25) is 0 Å². The molecule has 2 rings (SSSR count). The molecule has 1 aromatic carbocycles. The molecule has 0 aliphatic rings. The van der Waals surface area contributed by atoms with Gasteiger partial charge in [-0.3, -0.25) is 19.8 Å². The van der Waals surface area contributed by atoms with Crippen LogP contribution >= 0.6 is 12.2 Å². The third-order valence-electron chi connectivity index (χ3n) is 2.87. The van der Waals surface area contributed by atoms with Crippen molar-refractivity contribution in [2.45, 2.75) is 26.8 Å². The number of hydrogen-bond acceptors (Lipinski definition) is 4. The molecule has 0 radical (unpaired) electrons. The average molecular weight is 278 g/mol. The normalized spacial score (nSPS) is 10.9. The molecule has 1 aromatic heterocycles. The van der Waals surface area contributed by atoms with E-state index in [1.165, 1.54) is 6.07 Å². The first kappa shape index (κ1) is 13.4. The maximum atomic E-state index is 10.8. The van der Waals surface area contributed by atoms with E-state index in [4.69, 9.17) is 12.2 Å². The summed E-state index contributed by atoms with van der Waals surface area (Å²) < 4.78 is 2.43. The second-order valence-electron chi connectivity index (χ2n) is 4.57. The van der Waals surface area contributed by atoms with Gasteiger partial charge in [0.25, 0.3) is 5.69 Å². The highest BCUT2D eigenvalue weighted by Gasteiger charge is 2.15. The zero-order valence-electron chi connectivity index (χ0n) is 10.9. The first-order valence-corrected chi connectivity index (χ1v) is 6.25. The number of rotatable bonds is 3. The van der Waals surface area contributed by atoms with Gasteiger partial charge in [-0.05, 0) is 45.1 Å². The van der Waals surface area contributed by atoms with Crippen molar-refractivity contribution >= 4 is 17.9 Å². The van der Waals surface area contributed by atoms with Crippen molar-refractivity contribution in [3.63, 3.8) is 0 Å². The third-order valence-corrected chi connectivity index (χ3v) is 3.16. The molecule has 0 fully saturated rings. The van der Waals surface area contributed by atoms with E-state index in [0.29, 0.717) is 16.2 Å². The van der Waals surface area contributed by atoms with Gasteiger partial charge in [-0.25, -0.2) is 0 Å². The van der Waals surface area contributed by atoms with Crippen LogP contribution in [0.1, 0.15) is 25.5 Å². The molecule has 1 N–H and O–H groups in total. The molecule has 19 heavy (non-hydrogen) atoms. The van der Waals surface area contributed by atoms with Crippen molar-refractivity contribution in [1.82, 2.24) is 14.8 Å². The molecule has 0 spiro atoms. The molecular formula is C12H14N4O2S. The first-order chi connectivity index (χ1) is 8.91. The summed E-state index contributed by atoms with van der Waals surface area (Å²) in [5.41, 5.74) is 1.52. The number of aryl methyl sites for hydroxylation is 1. The van der Waals surface area contributed by atoms with Crippen LogP contribution in [0.3, 0.4) is 0 Å². The lowest BCUT2D eigenvalue weighted by Gasteiger charge is -2.10. The van der Waals surface area contributed by atoms with Crippen molar-refractivity contribution in [2.24, 2.45) is 0 Å². The summed E-state index contributed by atoms with van der Waals surface area (Å²) in [5.74, 6) is 0.693. The molecule has 0 amide bonds.